The highest BCUT2D eigenvalue weighted by atomic mass is 32.2. The number of benzene rings is 1. The lowest BCUT2D eigenvalue weighted by molar-refractivity contribution is -0.133. The number of carboxylic acid groups (broad SMARTS) is 1. The average molecular weight is 309 g/mol. The Morgan fingerprint density at radius 2 is 2.05 bits per heavy atom. The summed E-state index contributed by atoms with van der Waals surface area (Å²) >= 11 is 2.94. The maximum Gasteiger partial charge on any atom is 0.313 e. The molecule has 1 aromatic heterocycles. The van der Waals surface area contributed by atoms with Crippen LogP contribution >= 0.6 is 23.5 Å². The van der Waals surface area contributed by atoms with E-state index < -0.39 is 5.97 Å². The molecule has 106 valence electrons. The van der Waals surface area contributed by atoms with Crippen molar-refractivity contribution in [1.82, 2.24) is 14.8 Å². The van der Waals surface area contributed by atoms with E-state index in [1.165, 1.54) is 11.8 Å². The fourth-order valence-electron chi connectivity index (χ4n) is 1.71. The summed E-state index contributed by atoms with van der Waals surface area (Å²) in [7, 11) is 0. The van der Waals surface area contributed by atoms with Gasteiger partial charge in [-0.3, -0.25) is 4.79 Å². The highest BCUT2D eigenvalue weighted by molar-refractivity contribution is 7.99. The van der Waals surface area contributed by atoms with Gasteiger partial charge < -0.3 is 9.67 Å². The Bertz CT molecular complexity index is 572. The van der Waals surface area contributed by atoms with Crippen molar-refractivity contribution >= 4 is 29.5 Å². The van der Waals surface area contributed by atoms with Crippen LogP contribution in [0.2, 0.25) is 0 Å². The topological polar surface area (TPSA) is 68.0 Å². The summed E-state index contributed by atoms with van der Waals surface area (Å²) in [4.78, 5) is 10.7. The molecule has 0 aliphatic heterocycles. The lowest BCUT2D eigenvalue weighted by Gasteiger charge is -2.08. The monoisotopic (exact) mass is 309 g/mol. The molecule has 5 nitrogen and oxygen atoms in total. The smallest absolute Gasteiger partial charge is 0.313 e. The minimum Gasteiger partial charge on any atom is -0.481 e. The number of aromatic nitrogens is 3. The van der Waals surface area contributed by atoms with Crippen LogP contribution in [0.15, 0.2) is 35.5 Å². The molecule has 1 heterocycles. The number of hydrogen-bond donors (Lipinski definition) is 1. The third-order valence-electron chi connectivity index (χ3n) is 2.59. The second-order valence-electron chi connectivity index (χ2n) is 4.00. The van der Waals surface area contributed by atoms with Crippen LogP contribution in [0.4, 0.5) is 0 Å². The summed E-state index contributed by atoms with van der Waals surface area (Å²) in [6.45, 7) is 0.764. The van der Waals surface area contributed by atoms with Gasteiger partial charge in [0.15, 0.2) is 11.0 Å². The first kappa shape index (κ1) is 14.9. The fourth-order valence-corrected chi connectivity index (χ4v) is 2.76. The molecule has 0 aliphatic carbocycles. The van der Waals surface area contributed by atoms with Gasteiger partial charge in [-0.25, -0.2) is 0 Å². The van der Waals surface area contributed by atoms with Crippen LogP contribution in [0.5, 0.6) is 0 Å². The third kappa shape index (κ3) is 3.77. The maximum atomic E-state index is 10.7. The van der Waals surface area contributed by atoms with Gasteiger partial charge in [0, 0.05) is 17.9 Å². The molecule has 0 amide bonds. The van der Waals surface area contributed by atoms with Gasteiger partial charge in [-0.05, 0) is 6.26 Å². The normalized spacial score (nSPS) is 10.7. The molecule has 1 N–H and O–H groups in total. The van der Waals surface area contributed by atoms with Crippen molar-refractivity contribution in [2.75, 3.05) is 17.8 Å². The summed E-state index contributed by atoms with van der Waals surface area (Å²) in [5.74, 6) is 0.855. The van der Waals surface area contributed by atoms with Crippen molar-refractivity contribution in [1.29, 1.82) is 0 Å². The minimum atomic E-state index is -0.851. The van der Waals surface area contributed by atoms with E-state index in [0.29, 0.717) is 5.16 Å². The molecule has 0 bridgehead atoms. The molecular weight excluding hydrogens is 294 g/mol. The van der Waals surface area contributed by atoms with Crippen LogP contribution < -0.4 is 0 Å². The average Bonchev–Trinajstić information content (AvgIpc) is 2.86. The predicted molar refractivity (Wildman–Crippen MR) is 82.2 cm³/mol. The zero-order valence-electron chi connectivity index (χ0n) is 11.0. The van der Waals surface area contributed by atoms with Crippen molar-refractivity contribution in [2.24, 2.45) is 0 Å². The van der Waals surface area contributed by atoms with Gasteiger partial charge in [0.25, 0.3) is 0 Å². The van der Waals surface area contributed by atoms with Gasteiger partial charge in [0.2, 0.25) is 0 Å². The van der Waals surface area contributed by atoms with E-state index in [1.54, 1.807) is 11.8 Å². The van der Waals surface area contributed by atoms with Crippen LogP contribution in [0.1, 0.15) is 0 Å². The van der Waals surface area contributed by atoms with Gasteiger partial charge >= 0.3 is 5.97 Å². The summed E-state index contributed by atoms with van der Waals surface area (Å²) in [6.07, 6.45) is 2.04. The lowest BCUT2D eigenvalue weighted by Crippen LogP contribution is -2.06. The Hall–Kier alpha value is -1.47. The molecule has 2 rings (SSSR count). The number of rotatable bonds is 7. The molecule has 0 atom stereocenters. The standard InChI is InChI=1S/C13H15N3O2S2/c1-19-8-7-16-12(10-5-3-2-4-6-10)14-15-13(16)20-9-11(17)18/h2-6H,7-9H2,1H3,(H,17,18). The number of carbonyl (C=O) groups is 1. The van der Waals surface area contributed by atoms with Crippen molar-refractivity contribution < 1.29 is 9.90 Å². The predicted octanol–water partition coefficient (Wildman–Crippen LogP) is 2.48. The molecule has 20 heavy (non-hydrogen) atoms. The van der Waals surface area contributed by atoms with Crippen LogP contribution in [0.3, 0.4) is 0 Å². The van der Waals surface area contributed by atoms with E-state index in [9.17, 15) is 4.79 Å². The zero-order chi connectivity index (χ0) is 14.4. The first-order chi connectivity index (χ1) is 9.72. The van der Waals surface area contributed by atoms with Crippen molar-refractivity contribution in [3.8, 4) is 11.4 Å². The highest BCUT2D eigenvalue weighted by Crippen LogP contribution is 2.24. The first-order valence-corrected chi connectivity index (χ1v) is 8.42. The first-order valence-electron chi connectivity index (χ1n) is 6.04. The Labute approximate surface area is 125 Å². The number of thioether (sulfide) groups is 2. The fraction of sp³-hybridized carbons (Fsp3) is 0.308. The molecule has 2 aromatic rings. The molecule has 1 aromatic carbocycles. The molecule has 0 saturated carbocycles. The van der Waals surface area contributed by atoms with Gasteiger partial charge in [-0.1, -0.05) is 42.1 Å². The van der Waals surface area contributed by atoms with E-state index in [0.717, 1.165) is 23.7 Å². The molecular formula is C13H15N3O2S2. The highest BCUT2D eigenvalue weighted by Gasteiger charge is 2.14. The van der Waals surface area contributed by atoms with E-state index >= 15 is 0 Å². The lowest BCUT2D eigenvalue weighted by atomic mass is 10.2. The summed E-state index contributed by atoms with van der Waals surface area (Å²) < 4.78 is 1.99. The number of aliphatic carboxylic acids is 1. The van der Waals surface area contributed by atoms with Crippen molar-refractivity contribution in [3.05, 3.63) is 30.3 Å². The number of carboxylic acids is 1. The van der Waals surface area contributed by atoms with E-state index in [1.807, 2.05) is 41.2 Å². The molecule has 7 heteroatoms. The van der Waals surface area contributed by atoms with E-state index in [4.69, 9.17) is 5.11 Å². The van der Waals surface area contributed by atoms with Crippen LogP contribution in [-0.2, 0) is 11.3 Å². The van der Waals surface area contributed by atoms with Crippen LogP contribution in [-0.4, -0.2) is 43.6 Å². The Morgan fingerprint density at radius 1 is 1.30 bits per heavy atom. The minimum absolute atomic E-state index is 0.00775. The number of hydrogen-bond acceptors (Lipinski definition) is 5. The third-order valence-corrected chi connectivity index (χ3v) is 4.13. The summed E-state index contributed by atoms with van der Waals surface area (Å²) in [5, 5.41) is 17.8. The van der Waals surface area contributed by atoms with Gasteiger partial charge in [-0.2, -0.15) is 11.8 Å². The summed E-state index contributed by atoms with van der Waals surface area (Å²) in [6, 6.07) is 9.81. The quantitative estimate of drug-likeness (QED) is 0.793. The molecule has 0 aliphatic rings. The Kier molecular flexibility index (Phi) is 5.49. The maximum absolute atomic E-state index is 10.7. The van der Waals surface area contributed by atoms with Gasteiger partial charge in [-0.15, -0.1) is 10.2 Å². The van der Waals surface area contributed by atoms with Gasteiger partial charge in [0.1, 0.15) is 0 Å². The van der Waals surface area contributed by atoms with Crippen LogP contribution in [0.25, 0.3) is 11.4 Å². The SMILES string of the molecule is CSCCn1c(SCC(=O)O)nnc1-c1ccccc1. The van der Waals surface area contributed by atoms with Crippen LogP contribution in [0, 0.1) is 0 Å². The second kappa shape index (κ2) is 7.35. The largest absolute Gasteiger partial charge is 0.481 e. The van der Waals surface area contributed by atoms with E-state index in [2.05, 4.69) is 10.2 Å². The molecule has 0 saturated heterocycles. The molecule has 0 unspecified atom stereocenters. The Morgan fingerprint density at radius 3 is 2.70 bits per heavy atom. The van der Waals surface area contributed by atoms with E-state index in [-0.39, 0.29) is 5.75 Å². The zero-order valence-corrected chi connectivity index (χ0v) is 12.7. The second-order valence-corrected chi connectivity index (χ2v) is 5.93. The van der Waals surface area contributed by atoms with Crippen molar-refractivity contribution in [3.63, 3.8) is 0 Å². The number of nitrogens with zero attached hydrogens (tertiary/aromatic N) is 3. The van der Waals surface area contributed by atoms with Crippen molar-refractivity contribution in [2.45, 2.75) is 11.7 Å². The van der Waals surface area contributed by atoms with Gasteiger partial charge in [0.05, 0.1) is 5.75 Å². The Balaban J connectivity index is 2.29. The molecule has 0 spiro atoms. The summed E-state index contributed by atoms with van der Waals surface area (Å²) in [5.41, 5.74) is 0.989. The molecule has 0 radical (unpaired) electrons. The molecule has 0 fully saturated rings.